The average molecular weight is 487 g/mol. The molecule has 0 aliphatic heterocycles. The van der Waals surface area contributed by atoms with Gasteiger partial charge in [0.15, 0.2) is 5.82 Å². The molecule has 0 amide bonds. The van der Waals surface area contributed by atoms with Gasteiger partial charge in [-0.15, -0.1) is 0 Å². The number of rotatable bonds is 10. The number of aromatic amines is 1. The van der Waals surface area contributed by atoms with Crippen LogP contribution in [-0.2, 0) is 19.8 Å². The van der Waals surface area contributed by atoms with Crippen molar-refractivity contribution in [1.29, 1.82) is 0 Å². The van der Waals surface area contributed by atoms with Crippen molar-refractivity contribution >= 4 is 38.6 Å². The van der Waals surface area contributed by atoms with Crippen LogP contribution in [0.4, 0.5) is 14.5 Å². The first-order valence-corrected chi connectivity index (χ1v) is 11.2. The van der Waals surface area contributed by atoms with E-state index in [1.165, 1.54) is 56.1 Å². The molecule has 34 heavy (non-hydrogen) atoms. The summed E-state index contributed by atoms with van der Waals surface area (Å²) in [6.07, 6.45) is 11.0. The van der Waals surface area contributed by atoms with Gasteiger partial charge in [0.1, 0.15) is 17.7 Å². The first-order chi connectivity index (χ1) is 16.3. The molecule has 2 heterocycles. The Morgan fingerprint density at radius 1 is 1.24 bits per heavy atom. The van der Waals surface area contributed by atoms with Crippen LogP contribution >= 0.6 is 0 Å². The van der Waals surface area contributed by atoms with E-state index in [1.54, 1.807) is 6.07 Å². The van der Waals surface area contributed by atoms with Crippen molar-refractivity contribution in [3.63, 3.8) is 0 Å². The number of nitrogens with zero attached hydrogens (tertiary/aromatic N) is 1. The maximum Gasteiger partial charge on any atom is 0.255 e. The highest BCUT2D eigenvalue weighted by atomic mass is 32.2. The van der Waals surface area contributed by atoms with Crippen LogP contribution in [0.3, 0.4) is 0 Å². The molecule has 3 aromatic rings. The fourth-order valence-corrected chi connectivity index (χ4v) is 3.74. The van der Waals surface area contributed by atoms with Gasteiger partial charge in [0.2, 0.25) is 5.78 Å². The molecule has 11 heteroatoms. The van der Waals surface area contributed by atoms with Crippen LogP contribution < -0.4 is 4.72 Å². The number of fused-ring (bicyclic) bond motifs is 1. The topological polar surface area (TPSA) is 110 Å². The number of hydrogen-bond donors (Lipinski definition) is 2. The zero-order chi connectivity index (χ0) is 24.7. The average Bonchev–Trinajstić information content (AvgIpc) is 3.22. The molecule has 0 fully saturated rings. The summed E-state index contributed by atoms with van der Waals surface area (Å²) < 4.78 is 56.0. The molecule has 0 unspecified atom stereocenters. The van der Waals surface area contributed by atoms with E-state index >= 15 is 4.39 Å². The summed E-state index contributed by atoms with van der Waals surface area (Å²) >= 11 is 0. The molecule has 0 spiro atoms. The maximum atomic E-state index is 15.1. The van der Waals surface area contributed by atoms with Gasteiger partial charge in [-0.1, -0.05) is 24.8 Å². The molecule has 0 bridgehead atoms. The summed E-state index contributed by atoms with van der Waals surface area (Å²) in [5, 5.41) is 1.08. The van der Waals surface area contributed by atoms with Gasteiger partial charge >= 0.3 is 0 Å². The van der Waals surface area contributed by atoms with E-state index < -0.39 is 38.7 Å². The standard InChI is InChI=1S/C23H19F2N3O5S/c1-3-4-5-6-11-34(30,31)28-19-8-7-18(24)20(21(19)25)22(29)17-14-27-23-16(17)12-15(13-26-23)9-10-33-32-2/h3-14,28H,1H2,2H3,(H,26,27)/b5-4-,10-9+,11-6-. The molecular formula is C23H19F2N3O5S. The number of hydrogen-bond acceptors (Lipinski definition) is 6. The van der Waals surface area contributed by atoms with Crippen molar-refractivity contribution in [2.24, 2.45) is 0 Å². The van der Waals surface area contributed by atoms with Crippen molar-refractivity contribution in [3.8, 4) is 0 Å². The van der Waals surface area contributed by atoms with E-state index in [1.807, 2.05) is 4.72 Å². The summed E-state index contributed by atoms with van der Waals surface area (Å²) in [4.78, 5) is 29.1. The number of anilines is 1. The number of sulfonamides is 1. The number of carbonyl (C=O) groups excluding carboxylic acids is 1. The molecule has 0 aliphatic carbocycles. The van der Waals surface area contributed by atoms with Gasteiger partial charge in [-0.3, -0.25) is 9.52 Å². The normalized spacial score (nSPS) is 12.2. The maximum absolute atomic E-state index is 15.1. The first-order valence-electron chi connectivity index (χ1n) is 9.62. The van der Waals surface area contributed by atoms with Gasteiger partial charge < -0.3 is 9.87 Å². The summed E-state index contributed by atoms with van der Waals surface area (Å²) in [7, 11) is -2.81. The van der Waals surface area contributed by atoms with Gasteiger partial charge in [0.05, 0.1) is 23.8 Å². The summed E-state index contributed by atoms with van der Waals surface area (Å²) in [6, 6.07) is 3.26. The lowest BCUT2D eigenvalue weighted by Crippen LogP contribution is -2.14. The minimum Gasteiger partial charge on any atom is -0.346 e. The van der Waals surface area contributed by atoms with E-state index in [-0.39, 0.29) is 5.56 Å². The summed E-state index contributed by atoms with van der Waals surface area (Å²) in [5.74, 6) is -3.50. The zero-order valence-corrected chi connectivity index (χ0v) is 18.6. The second-order valence-electron chi connectivity index (χ2n) is 6.64. The second-order valence-corrected chi connectivity index (χ2v) is 8.21. The molecule has 2 aromatic heterocycles. The van der Waals surface area contributed by atoms with E-state index in [0.717, 1.165) is 17.5 Å². The minimum atomic E-state index is -4.13. The van der Waals surface area contributed by atoms with Crippen LogP contribution in [-0.4, -0.2) is 31.3 Å². The van der Waals surface area contributed by atoms with E-state index in [4.69, 9.17) is 0 Å². The molecular weight excluding hydrogens is 468 g/mol. The molecule has 1 aromatic carbocycles. The lowest BCUT2D eigenvalue weighted by molar-refractivity contribution is -0.221. The van der Waals surface area contributed by atoms with Crippen molar-refractivity contribution in [1.82, 2.24) is 9.97 Å². The number of ketones is 1. The predicted octanol–water partition coefficient (Wildman–Crippen LogP) is 4.62. The third-order valence-electron chi connectivity index (χ3n) is 4.40. The Bertz CT molecular complexity index is 1430. The third kappa shape index (κ3) is 5.63. The Morgan fingerprint density at radius 3 is 2.76 bits per heavy atom. The first kappa shape index (κ1) is 24.6. The second kappa shape index (κ2) is 10.7. The molecule has 0 radical (unpaired) electrons. The van der Waals surface area contributed by atoms with Crippen LogP contribution in [0.15, 0.2) is 73.1 Å². The highest BCUT2D eigenvalue weighted by molar-refractivity contribution is 7.95. The molecule has 0 aliphatic rings. The Hall–Kier alpha value is -4.09. The summed E-state index contributed by atoms with van der Waals surface area (Å²) in [5.41, 5.74) is -0.722. The zero-order valence-electron chi connectivity index (χ0n) is 17.8. The van der Waals surface area contributed by atoms with Crippen molar-refractivity contribution in [3.05, 3.63) is 101 Å². The van der Waals surface area contributed by atoms with E-state index in [9.17, 15) is 17.6 Å². The van der Waals surface area contributed by atoms with Gasteiger partial charge in [0.25, 0.3) is 10.0 Å². The quantitative estimate of drug-likeness (QED) is 0.142. The Labute approximate surface area is 193 Å². The monoisotopic (exact) mass is 487 g/mol. The number of pyridine rings is 1. The van der Waals surface area contributed by atoms with Crippen molar-refractivity contribution < 1.29 is 31.8 Å². The number of allylic oxidation sites excluding steroid dienone is 4. The molecule has 8 nitrogen and oxygen atoms in total. The number of benzene rings is 1. The number of carbonyl (C=O) groups is 1. The third-order valence-corrected chi connectivity index (χ3v) is 5.42. The molecule has 0 saturated heterocycles. The van der Waals surface area contributed by atoms with Crippen molar-refractivity contribution in [2.75, 3.05) is 11.8 Å². The SMILES string of the molecule is C=C/C=C\C=C/S(=O)(=O)Nc1ccc(F)c(C(=O)c2c[nH]c3ncc(/C=C/OOC)cc23)c1F. The Kier molecular flexibility index (Phi) is 7.71. The predicted molar refractivity (Wildman–Crippen MR) is 124 cm³/mol. The van der Waals surface area contributed by atoms with Crippen LogP contribution in [0.2, 0.25) is 0 Å². The van der Waals surface area contributed by atoms with Crippen LogP contribution in [0.1, 0.15) is 21.5 Å². The highest BCUT2D eigenvalue weighted by Crippen LogP contribution is 2.28. The largest absolute Gasteiger partial charge is 0.346 e. The molecule has 3 rings (SSSR count). The van der Waals surface area contributed by atoms with Crippen LogP contribution in [0.5, 0.6) is 0 Å². The molecule has 0 atom stereocenters. The smallest absolute Gasteiger partial charge is 0.255 e. The van der Waals surface area contributed by atoms with Crippen LogP contribution in [0.25, 0.3) is 17.1 Å². The van der Waals surface area contributed by atoms with E-state index in [0.29, 0.717) is 16.6 Å². The summed E-state index contributed by atoms with van der Waals surface area (Å²) in [6.45, 7) is 3.45. The molecule has 2 N–H and O–H groups in total. The fraction of sp³-hybridized carbons (Fsp3) is 0.0435. The number of nitrogens with one attached hydrogen (secondary N) is 2. The lowest BCUT2D eigenvalue weighted by atomic mass is 10.0. The van der Waals surface area contributed by atoms with Gasteiger partial charge in [-0.05, 0) is 35.9 Å². The number of aromatic nitrogens is 2. The fourth-order valence-electron chi connectivity index (χ4n) is 2.91. The number of halogens is 2. The minimum absolute atomic E-state index is 0.0577. The highest BCUT2D eigenvalue weighted by Gasteiger charge is 2.25. The van der Waals surface area contributed by atoms with E-state index in [2.05, 4.69) is 26.3 Å². The van der Waals surface area contributed by atoms with Gasteiger partial charge in [0, 0.05) is 23.3 Å². The molecule has 176 valence electrons. The van der Waals surface area contributed by atoms with Gasteiger partial charge in [-0.25, -0.2) is 22.2 Å². The van der Waals surface area contributed by atoms with Crippen LogP contribution in [0, 0.1) is 11.6 Å². The number of H-pyrrole nitrogens is 1. The lowest BCUT2D eigenvalue weighted by Gasteiger charge is -2.10. The Morgan fingerprint density at radius 2 is 2.03 bits per heavy atom. The van der Waals surface area contributed by atoms with Gasteiger partial charge in [-0.2, -0.15) is 4.89 Å². The van der Waals surface area contributed by atoms with Crippen molar-refractivity contribution in [2.45, 2.75) is 0 Å². The molecule has 0 saturated carbocycles. The Balaban J connectivity index is 1.99.